The highest BCUT2D eigenvalue weighted by Gasteiger charge is 2.21. The molecule has 0 aliphatic carbocycles. The first-order chi connectivity index (χ1) is 14.1. The molecule has 1 aliphatic heterocycles. The Balaban J connectivity index is 1.42. The maximum Gasteiger partial charge on any atom is 0.325 e. The van der Waals surface area contributed by atoms with Gasteiger partial charge >= 0.3 is 5.97 Å². The summed E-state index contributed by atoms with van der Waals surface area (Å²) in [6.07, 6.45) is 1.70. The summed E-state index contributed by atoms with van der Waals surface area (Å²) in [5.41, 5.74) is 1.22. The molecule has 0 saturated carbocycles. The lowest BCUT2D eigenvalue weighted by Crippen LogP contribution is -2.33. The van der Waals surface area contributed by atoms with E-state index in [1.54, 1.807) is 29.8 Å². The summed E-state index contributed by atoms with van der Waals surface area (Å²) >= 11 is 0. The predicted molar refractivity (Wildman–Crippen MR) is 105 cm³/mol. The molecule has 1 aromatic heterocycles. The summed E-state index contributed by atoms with van der Waals surface area (Å²) in [6.45, 7) is 2.79. The van der Waals surface area contributed by atoms with Crippen molar-refractivity contribution in [1.29, 1.82) is 0 Å². The number of esters is 1. The van der Waals surface area contributed by atoms with Crippen LogP contribution in [0.15, 0.2) is 48.7 Å². The van der Waals surface area contributed by atoms with Gasteiger partial charge in [-0.25, -0.2) is 0 Å². The third-order valence-corrected chi connectivity index (χ3v) is 4.47. The number of aromatic nitrogens is 2. The van der Waals surface area contributed by atoms with Crippen molar-refractivity contribution in [2.75, 3.05) is 19.8 Å². The fourth-order valence-electron chi connectivity index (χ4n) is 3.14. The largest absolute Gasteiger partial charge is 0.486 e. The normalized spacial score (nSPS) is 15.1. The van der Waals surface area contributed by atoms with Crippen molar-refractivity contribution >= 4 is 22.8 Å². The molecule has 4 rings (SSSR count). The van der Waals surface area contributed by atoms with Crippen molar-refractivity contribution in [2.45, 2.75) is 19.6 Å². The number of benzene rings is 2. The molecule has 8 heteroatoms. The second-order valence-corrected chi connectivity index (χ2v) is 6.61. The molecule has 0 fully saturated rings. The summed E-state index contributed by atoms with van der Waals surface area (Å²) < 4.78 is 18.3. The van der Waals surface area contributed by atoms with Gasteiger partial charge in [-0.05, 0) is 37.3 Å². The first-order valence-electron chi connectivity index (χ1n) is 9.42. The van der Waals surface area contributed by atoms with Crippen LogP contribution in [0, 0.1) is 0 Å². The Hall–Kier alpha value is -3.55. The number of carbonyl (C=O) groups is 2. The summed E-state index contributed by atoms with van der Waals surface area (Å²) in [5.74, 6) is 0.660. The van der Waals surface area contributed by atoms with Crippen molar-refractivity contribution in [1.82, 2.24) is 15.1 Å². The highest BCUT2D eigenvalue weighted by molar-refractivity contribution is 5.99. The summed E-state index contributed by atoms with van der Waals surface area (Å²) in [6, 6.07) is 12.8. The Labute approximate surface area is 167 Å². The van der Waals surface area contributed by atoms with E-state index in [1.165, 1.54) is 0 Å². The molecule has 0 saturated heterocycles. The van der Waals surface area contributed by atoms with Crippen LogP contribution < -0.4 is 14.8 Å². The number of hydrogen-bond acceptors (Lipinski definition) is 6. The van der Waals surface area contributed by atoms with E-state index in [0.717, 1.165) is 22.4 Å². The number of hydrogen-bond donors (Lipinski definition) is 1. The van der Waals surface area contributed by atoms with Gasteiger partial charge in [0.05, 0.1) is 18.7 Å². The van der Waals surface area contributed by atoms with Crippen molar-refractivity contribution in [2.24, 2.45) is 0 Å². The van der Waals surface area contributed by atoms with Crippen LogP contribution in [0.3, 0.4) is 0 Å². The molecule has 0 spiro atoms. The van der Waals surface area contributed by atoms with E-state index >= 15 is 0 Å². The number of amides is 1. The van der Waals surface area contributed by atoms with Crippen LogP contribution >= 0.6 is 0 Å². The van der Waals surface area contributed by atoms with Gasteiger partial charge in [-0.3, -0.25) is 14.3 Å². The zero-order chi connectivity index (χ0) is 20.2. The van der Waals surface area contributed by atoms with Crippen molar-refractivity contribution in [3.05, 3.63) is 54.2 Å². The molecule has 150 valence electrons. The Morgan fingerprint density at radius 1 is 1.24 bits per heavy atom. The van der Waals surface area contributed by atoms with Gasteiger partial charge in [0.2, 0.25) is 0 Å². The van der Waals surface area contributed by atoms with E-state index in [4.69, 9.17) is 14.2 Å². The molecular weight excluding hydrogens is 374 g/mol. The maximum absolute atomic E-state index is 12.3. The van der Waals surface area contributed by atoms with Crippen LogP contribution in [0.5, 0.6) is 11.5 Å². The molecule has 29 heavy (non-hydrogen) atoms. The van der Waals surface area contributed by atoms with Crippen molar-refractivity contribution < 1.29 is 23.8 Å². The van der Waals surface area contributed by atoms with E-state index in [-0.39, 0.29) is 25.2 Å². The lowest BCUT2D eigenvalue weighted by atomic mass is 10.1. The molecule has 1 atom stereocenters. The van der Waals surface area contributed by atoms with Crippen LogP contribution in [0.1, 0.15) is 17.3 Å². The molecule has 1 aliphatic rings. The quantitative estimate of drug-likeness (QED) is 0.643. The third-order valence-electron chi connectivity index (χ3n) is 4.47. The maximum atomic E-state index is 12.3. The summed E-state index contributed by atoms with van der Waals surface area (Å²) in [7, 11) is 0. The molecule has 1 amide bonds. The standard InChI is InChI=1S/C21H21N3O5/c1-2-27-20(25)10-22-21(26)14-7-8-17-15(9-14)11-24(23-17)12-16-13-28-18-5-3-4-6-19(18)29-16/h3-9,11,16H,2,10,12-13H2,1H3,(H,22,26). The molecule has 1 N–H and O–H groups in total. The van der Waals surface area contributed by atoms with Gasteiger partial charge in [-0.2, -0.15) is 5.10 Å². The second kappa shape index (κ2) is 8.22. The monoisotopic (exact) mass is 395 g/mol. The minimum absolute atomic E-state index is 0.161. The zero-order valence-corrected chi connectivity index (χ0v) is 16.0. The second-order valence-electron chi connectivity index (χ2n) is 6.61. The van der Waals surface area contributed by atoms with Crippen LogP contribution in [0.25, 0.3) is 10.9 Å². The van der Waals surface area contributed by atoms with Gasteiger partial charge in [0.1, 0.15) is 13.2 Å². The highest BCUT2D eigenvalue weighted by Crippen LogP contribution is 2.31. The fraction of sp³-hybridized carbons (Fsp3) is 0.286. The first-order valence-corrected chi connectivity index (χ1v) is 9.42. The Morgan fingerprint density at radius 2 is 2.07 bits per heavy atom. The number of para-hydroxylation sites is 2. The van der Waals surface area contributed by atoms with Crippen molar-refractivity contribution in [3.8, 4) is 11.5 Å². The van der Waals surface area contributed by atoms with Crippen molar-refractivity contribution in [3.63, 3.8) is 0 Å². The molecule has 0 bridgehead atoms. The fourth-order valence-corrected chi connectivity index (χ4v) is 3.14. The van der Waals surface area contributed by atoms with Gasteiger partial charge in [0.25, 0.3) is 5.91 Å². The average Bonchev–Trinajstić information content (AvgIpc) is 3.13. The van der Waals surface area contributed by atoms with Gasteiger partial charge in [0.15, 0.2) is 17.6 Å². The van der Waals surface area contributed by atoms with Gasteiger partial charge in [0, 0.05) is 17.1 Å². The van der Waals surface area contributed by atoms with E-state index in [0.29, 0.717) is 18.7 Å². The van der Waals surface area contributed by atoms with Crippen LogP contribution in [0.2, 0.25) is 0 Å². The molecule has 0 radical (unpaired) electrons. The molecule has 2 heterocycles. The number of ether oxygens (including phenoxy) is 3. The number of fused-ring (bicyclic) bond motifs is 2. The van der Waals surface area contributed by atoms with Gasteiger partial charge in [-0.15, -0.1) is 0 Å². The Bertz CT molecular complexity index is 1050. The smallest absolute Gasteiger partial charge is 0.325 e. The number of nitrogens with zero attached hydrogens (tertiary/aromatic N) is 2. The van der Waals surface area contributed by atoms with Crippen LogP contribution in [-0.4, -0.2) is 47.5 Å². The van der Waals surface area contributed by atoms with E-state index in [9.17, 15) is 9.59 Å². The number of carbonyl (C=O) groups excluding carboxylic acids is 2. The molecule has 1 unspecified atom stereocenters. The van der Waals surface area contributed by atoms with E-state index in [2.05, 4.69) is 10.4 Å². The topological polar surface area (TPSA) is 91.7 Å². The molecule has 8 nitrogen and oxygen atoms in total. The lowest BCUT2D eigenvalue weighted by Gasteiger charge is -2.26. The Kier molecular flexibility index (Phi) is 5.33. The number of rotatable bonds is 6. The van der Waals surface area contributed by atoms with Crippen LogP contribution in [-0.2, 0) is 16.1 Å². The van der Waals surface area contributed by atoms with Crippen LogP contribution in [0.4, 0.5) is 0 Å². The molecular formula is C21H21N3O5. The predicted octanol–water partition coefficient (Wildman–Crippen LogP) is 2.17. The summed E-state index contributed by atoms with van der Waals surface area (Å²) in [5, 5.41) is 7.91. The van der Waals surface area contributed by atoms with Gasteiger partial charge < -0.3 is 19.5 Å². The summed E-state index contributed by atoms with van der Waals surface area (Å²) in [4.78, 5) is 23.6. The minimum Gasteiger partial charge on any atom is -0.486 e. The zero-order valence-electron chi connectivity index (χ0n) is 16.0. The van der Waals surface area contributed by atoms with E-state index in [1.807, 2.05) is 30.5 Å². The molecule has 2 aromatic carbocycles. The minimum atomic E-state index is -0.467. The Morgan fingerprint density at radius 3 is 2.90 bits per heavy atom. The first kappa shape index (κ1) is 18.8. The van der Waals surface area contributed by atoms with E-state index < -0.39 is 5.97 Å². The highest BCUT2D eigenvalue weighted by atomic mass is 16.6. The van der Waals surface area contributed by atoms with Gasteiger partial charge in [-0.1, -0.05) is 12.1 Å². The number of nitrogens with one attached hydrogen (secondary N) is 1. The third kappa shape index (κ3) is 4.31. The average molecular weight is 395 g/mol. The molecule has 3 aromatic rings. The lowest BCUT2D eigenvalue weighted by molar-refractivity contribution is -0.141. The SMILES string of the molecule is CCOC(=O)CNC(=O)c1ccc2nn(CC3COc4ccccc4O3)cc2c1.